The third-order valence-electron chi connectivity index (χ3n) is 4.07. The van der Waals surface area contributed by atoms with Gasteiger partial charge in [0.2, 0.25) is 0 Å². The lowest BCUT2D eigenvalue weighted by molar-refractivity contribution is 0.00634. The molecule has 0 aromatic carbocycles. The van der Waals surface area contributed by atoms with Gasteiger partial charge in [0.05, 0.1) is 13.2 Å². The van der Waals surface area contributed by atoms with Crippen molar-refractivity contribution < 1.29 is 19.4 Å². The van der Waals surface area contributed by atoms with Gasteiger partial charge >= 0.3 is 0 Å². The highest BCUT2D eigenvalue weighted by Crippen LogP contribution is 2.22. The molecule has 0 radical (unpaired) electrons. The molecule has 2 atom stereocenters. The van der Waals surface area contributed by atoms with Crippen molar-refractivity contribution in [3.63, 3.8) is 0 Å². The molecule has 128 valence electrons. The van der Waals surface area contributed by atoms with Crippen LogP contribution in [0.25, 0.3) is 0 Å². The molecule has 0 aliphatic carbocycles. The van der Waals surface area contributed by atoms with Crippen LogP contribution in [0.15, 0.2) is 0 Å². The second-order valence-electron chi connectivity index (χ2n) is 6.19. The average Bonchev–Trinajstić information content (AvgIpc) is 2.50. The van der Waals surface area contributed by atoms with Gasteiger partial charge in [0.25, 0.3) is 0 Å². The first kappa shape index (κ1) is 21.1. The molecule has 0 aromatic heterocycles. The number of hydrogen-bond donors (Lipinski definition) is 2. The van der Waals surface area contributed by atoms with Crippen molar-refractivity contribution in [2.24, 2.45) is 0 Å². The van der Waals surface area contributed by atoms with Gasteiger partial charge in [0.15, 0.2) is 8.32 Å². The Kier molecular flexibility index (Phi) is 13.7. The zero-order valence-electron chi connectivity index (χ0n) is 14.3. The highest BCUT2D eigenvalue weighted by atomic mass is 28.4. The molecule has 5 heteroatoms. The first-order valence-electron chi connectivity index (χ1n) is 8.49. The van der Waals surface area contributed by atoms with E-state index in [2.05, 4.69) is 13.5 Å². The van der Waals surface area contributed by atoms with Gasteiger partial charge in [-0.3, -0.25) is 0 Å². The largest absolute Gasteiger partial charge is 0.420 e. The van der Waals surface area contributed by atoms with Crippen LogP contribution in [0.5, 0.6) is 0 Å². The van der Waals surface area contributed by atoms with E-state index in [0.717, 1.165) is 12.5 Å². The smallest absolute Gasteiger partial charge is 0.189 e. The topological polar surface area (TPSA) is 58.9 Å². The van der Waals surface area contributed by atoms with E-state index < -0.39 is 14.4 Å². The highest BCUT2D eigenvalue weighted by molar-refractivity contribution is 6.72. The minimum absolute atomic E-state index is 0.221. The van der Waals surface area contributed by atoms with Gasteiger partial charge in [-0.2, -0.15) is 0 Å². The standard InChI is InChI=1S/C16H36O4Si/c1-4-5-6-7-8-9-12-21(3,19-2)13-10-11-20-15-16(18)14-17/h16-18H,4-15H2,1-3H3. The van der Waals surface area contributed by atoms with E-state index >= 15 is 0 Å². The Bertz CT molecular complexity index is 228. The molecule has 2 N–H and O–H groups in total. The molecule has 0 saturated carbocycles. The average molecular weight is 321 g/mol. The van der Waals surface area contributed by atoms with E-state index in [1.165, 1.54) is 44.6 Å². The minimum atomic E-state index is -1.57. The fraction of sp³-hybridized carbons (Fsp3) is 1.00. The maximum Gasteiger partial charge on any atom is 0.189 e. The van der Waals surface area contributed by atoms with Crippen LogP contribution in [0.1, 0.15) is 51.9 Å². The fourth-order valence-corrected chi connectivity index (χ4v) is 4.98. The molecule has 0 aromatic rings. The summed E-state index contributed by atoms with van der Waals surface area (Å²) in [6, 6.07) is 2.34. The summed E-state index contributed by atoms with van der Waals surface area (Å²) in [5, 5.41) is 17.9. The van der Waals surface area contributed by atoms with Crippen molar-refractivity contribution in [1.82, 2.24) is 0 Å². The van der Waals surface area contributed by atoms with Crippen LogP contribution in [-0.2, 0) is 9.16 Å². The third-order valence-corrected chi connectivity index (χ3v) is 7.88. The van der Waals surface area contributed by atoms with Crippen LogP contribution in [0.3, 0.4) is 0 Å². The van der Waals surface area contributed by atoms with Crippen molar-refractivity contribution in [2.45, 2.75) is 76.6 Å². The summed E-state index contributed by atoms with van der Waals surface area (Å²) in [7, 11) is 0.278. The number of hydrogen-bond acceptors (Lipinski definition) is 4. The van der Waals surface area contributed by atoms with Gasteiger partial charge in [-0.25, -0.2) is 0 Å². The molecule has 0 aliphatic rings. The molecule has 0 saturated heterocycles. The van der Waals surface area contributed by atoms with E-state index in [-0.39, 0.29) is 13.2 Å². The number of aliphatic hydroxyl groups excluding tert-OH is 2. The van der Waals surface area contributed by atoms with Crippen molar-refractivity contribution in [2.75, 3.05) is 26.9 Å². The number of rotatable bonds is 15. The Hall–Kier alpha value is 0.0569. The van der Waals surface area contributed by atoms with Crippen LogP contribution in [0.2, 0.25) is 18.6 Å². The second-order valence-corrected chi connectivity index (χ2v) is 10.5. The van der Waals surface area contributed by atoms with Crippen molar-refractivity contribution in [3.8, 4) is 0 Å². The summed E-state index contributed by atoms with van der Waals surface area (Å²) in [5.74, 6) is 0. The molecule has 0 bridgehead atoms. The van der Waals surface area contributed by atoms with Gasteiger partial charge in [-0.1, -0.05) is 45.4 Å². The maximum absolute atomic E-state index is 9.18. The quantitative estimate of drug-likeness (QED) is 0.359. The monoisotopic (exact) mass is 320 g/mol. The normalized spacial score (nSPS) is 15.9. The fourth-order valence-electron chi connectivity index (χ4n) is 2.43. The first-order chi connectivity index (χ1) is 10.1. The lowest BCUT2D eigenvalue weighted by Gasteiger charge is -2.25. The van der Waals surface area contributed by atoms with E-state index in [4.69, 9.17) is 14.3 Å². The molecular formula is C16H36O4Si. The van der Waals surface area contributed by atoms with Gasteiger partial charge in [-0.05, 0) is 25.1 Å². The van der Waals surface area contributed by atoms with Gasteiger partial charge in [0.1, 0.15) is 6.10 Å². The molecule has 0 heterocycles. The molecule has 0 amide bonds. The van der Waals surface area contributed by atoms with Gasteiger partial charge < -0.3 is 19.4 Å². The van der Waals surface area contributed by atoms with Crippen molar-refractivity contribution in [1.29, 1.82) is 0 Å². The van der Waals surface area contributed by atoms with Crippen LogP contribution in [0.4, 0.5) is 0 Å². The van der Waals surface area contributed by atoms with Gasteiger partial charge in [-0.15, -0.1) is 0 Å². The number of unbranched alkanes of at least 4 members (excludes halogenated alkanes) is 5. The molecular weight excluding hydrogens is 284 g/mol. The van der Waals surface area contributed by atoms with Crippen LogP contribution >= 0.6 is 0 Å². The molecule has 0 fully saturated rings. The van der Waals surface area contributed by atoms with Crippen molar-refractivity contribution >= 4 is 8.32 Å². The Labute approximate surface area is 132 Å². The van der Waals surface area contributed by atoms with Crippen molar-refractivity contribution in [3.05, 3.63) is 0 Å². The van der Waals surface area contributed by atoms with Crippen LogP contribution in [-0.4, -0.2) is 51.6 Å². The summed E-state index contributed by atoms with van der Waals surface area (Å²) in [4.78, 5) is 0. The summed E-state index contributed by atoms with van der Waals surface area (Å²) < 4.78 is 11.2. The highest BCUT2D eigenvalue weighted by Gasteiger charge is 2.26. The molecule has 0 aliphatic heterocycles. The molecule has 0 rings (SSSR count). The Morgan fingerprint density at radius 2 is 1.62 bits per heavy atom. The van der Waals surface area contributed by atoms with E-state index in [1.54, 1.807) is 0 Å². The summed E-state index contributed by atoms with van der Waals surface area (Å²) >= 11 is 0. The zero-order valence-corrected chi connectivity index (χ0v) is 15.3. The van der Waals surface area contributed by atoms with E-state index in [1.807, 2.05) is 7.11 Å². The molecule has 4 nitrogen and oxygen atoms in total. The van der Waals surface area contributed by atoms with E-state index in [9.17, 15) is 5.11 Å². The second kappa shape index (κ2) is 13.7. The third kappa shape index (κ3) is 12.3. The first-order valence-corrected chi connectivity index (χ1v) is 11.3. The minimum Gasteiger partial charge on any atom is -0.420 e. The van der Waals surface area contributed by atoms with E-state index in [0.29, 0.717) is 6.61 Å². The Balaban J connectivity index is 3.64. The van der Waals surface area contributed by atoms with Crippen LogP contribution < -0.4 is 0 Å². The predicted octanol–water partition coefficient (Wildman–Crippen LogP) is 3.33. The molecule has 0 spiro atoms. The Morgan fingerprint density at radius 1 is 1.00 bits per heavy atom. The van der Waals surface area contributed by atoms with Gasteiger partial charge in [0, 0.05) is 13.7 Å². The predicted molar refractivity (Wildman–Crippen MR) is 90.1 cm³/mol. The number of ether oxygens (including phenoxy) is 1. The maximum atomic E-state index is 9.18. The molecule has 2 unspecified atom stereocenters. The summed E-state index contributed by atoms with van der Waals surface area (Å²) in [6.45, 7) is 5.18. The summed E-state index contributed by atoms with van der Waals surface area (Å²) in [6.07, 6.45) is 8.21. The zero-order chi connectivity index (χ0) is 16.0. The lowest BCUT2D eigenvalue weighted by Crippen LogP contribution is -2.33. The number of aliphatic hydroxyl groups is 2. The summed E-state index contributed by atoms with van der Waals surface area (Å²) in [5.41, 5.74) is 0. The van der Waals surface area contributed by atoms with Crippen LogP contribution in [0, 0.1) is 0 Å². The lowest BCUT2D eigenvalue weighted by atomic mass is 10.1. The molecule has 21 heavy (non-hydrogen) atoms. The SMILES string of the molecule is CCCCCCCC[Si](C)(CCCOCC(O)CO)OC. The Morgan fingerprint density at radius 3 is 2.24 bits per heavy atom.